The van der Waals surface area contributed by atoms with Crippen LogP contribution in [0.25, 0.3) is 6.08 Å². The van der Waals surface area contributed by atoms with E-state index in [1.807, 2.05) is 6.92 Å². The average Bonchev–Trinajstić information content (AvgIpc) is 2.74. The molecule has 0 aliphatic rings. The number of rotatable bonds is 7. The first kappa shape index (κ1) is 22.0. The van der Waals surface area contributed by atoms with Crippen LogP contribution in [0.5, 0.6) is 11.5 Å². The van der Waals surface area contributed by atoms with E-state index in [0.29, 0.717) is 5.56 Å². The molecule has 1 amide bonds. The predicted molar refractivity (Wildman–Crippen MR) is 116 cm³/mol. The molecule has 3 aromatic rings. The molecule has 0 saturated heterocycles. The molecule has 0 unspecified atom stereocenters. The van der Waals surface area contributed by atoms with E-state index in [0.717, 1.165) is 5.56 Å². The minimum Gasteiger partial charge on any atom is -0.493 e. The maximum Gasteiger partial charge on any atom is 0.339 e. The maximum absolute atomic E-state index is 13.6. The Morgan fingerprint density at radius 2 is 1.71 bits per heavy atom. The molecular formula is C23H20FNO5S. The summed E-state index contributed by atoms with van der Waals surface area (Å²) < 4.78 is 49.1. The number of anilines is 1. The summed E-state index contributed by atoms with van der Waals surface area (Å²) in [5, 5.41) is 2.44. The molecule has 3 aromatic carbocycles. The summed E-state index contributed by atoms with van der Waals surface area (Å²) in [6.45, 7) is 1.85. The molecule has 0 aliphatic carbocycles. The van der Waals surface area contributed by atoms with Gasteiger partial charge < -0.3 is 14.2 Å². The molecule has 0 aliphatic heterocycles. The minimum atomic E-state index is -4.04. The molecule has 0 aromatic heterocycles. The third kappa shape index (κ3) is 5.70. The van der Waals surface area contributed by atoms with Crippen LogP contribution in [0, 0.1) is 12.7 Å². The molecule has 0 atom stereocenters. The van der Waals surface area contributed by atoms with Crippen molar-refractivity contribution in [2.45, 2.75) is 11.8 Å². The highest BCUT2D eigenvalue weighted by atomic mass is 32.2. The second kappa shape index (κ2) is 9.44. The van der Waals surface area contributed by atoms with Gasteiger partial charge in [0.05, 0.1) is 12.8 Å². The van der Waals surface area contributed by atoms with E-state index in [-0.39, 0.29) is 22.1 Å². The fourth-order valence-corrected chi connectivity index (χ4v) is 3.58. The van der Waals surface area contributed by atoms with Crippen LogP contribution >= 0.6 is 0 Å². The number of hydrogen-bond acceptors (Lipinski definition) is 5. The molecule has 6 nitrogen and oxygen atoms in total. The van der Waals surface area contributed by atoms with Crippen molar-refractivity contribution < 1.29 is 26.5 Å². The number of methoxy groups -OCH3 is 1. The monoisotopic (exact) mass is 441 g/mol. The molecule has 0 fully saturated rings. The number of hydrogen-bond donors (Lipinski definition) is 1. The normalized spacial score (nSPS) is 11.3. The second-order valence-electron chi connectivity index (χ2n) is 6.56. The third-order valence-electron chi connectivity index (χ3n) is 4.26. The van der Waals surface area contributed by atoms with Crippen molar-refractivity contribution in [2.24, 2.45) is 0 Å². The molecule has 31 heavy (non-hydrogen) atoms. The summed E-state index contributed by atoms with van der Waals surface area (Å²) in [6.07, 6.45) is 2.71. The van der Waals surface area contributed by atoms with Gasteiger partial charge in [0, 0.05) is 6.08 Å². The summed E-state index contributed by atoms with van der Waals surface area (Å²) in [5.41, 5.74) is 1.55. The lowest BCUT2D eigenvalue weighted by Gasteiger charge is -2.11. The van der Waals surface area contributed by atoms with Gasteiger partial charge in [0.2, 0.25) is 5.91 Å². The van der Waals surface area contributed by atoms with Crippen LogP contribution in [-0.2, 0) is 14.9 Å². The van der Waals surface area contributed by atoms with Gasteiger partial charge in [-0.05, 0) is 55.0 Å². The van der Waals surface area contributed by atoms with Crippen LogP contribution < -0.4 is 14.2 Å². The van der Waals surface area contributed by atoms with Gasteiger partial charge in [0.15, 0.2) is 11.5 Å². The number of aryl methyl sites for hydroxylation is 1. The Kier molecular flexibility index (Phi) is 6.71. The number of halogens is 1. The quantitative estimate of drug-likeness (QED) is 0.429. The van der Waals surface area contributed by atoms with E-state index in [1.54, 1.807) is 24.3 Å². The summed E-state index contributed by atoms with van der Waals surface area (Å²) in [7, 11) is -2.66. The number of carbonyl (C=O) groups excluding carboxylic acids is 1. The van der Waals surface area contributed by atoms with Crippen molar-refractivity contribution in [3.8, 4) is 11.5 Å². The maximum atomic E-state index is 13.6. The molecule has 0 saturated carbocycles. The zero-order valence-electron chi connectivity index (χ0n) is 16.8. The standard InChI is InChI=1S/C23H20FNO5S/c1-16-7-11-18(12-8-16)31(27,28)30-21-13-9-17(15-22(21)29-2)10-14-23(26)25-20-6-4-3-5-19(20)24/h3-15H,1-2H3,(H,25,26)/b14-10+. The molecule has 0 spiro atoms. The number of carbonyl (C=O) groups is 1. The average molecular weight is 441 g/mol. The van der Waals surface area contributed by atoms with Crippen molar-refractivity contribution in [3.63, 3.8) is 0 Å². The van der Waals surface area contributed by atoms with Crippen LogP contribution in [-0.4, -0.2) is 21.4 Å². The highest BCUT2D eigenvalue weighted by Crippen LogP contribution is 2.31. The van der Waals surface area contributed by atoms with Crippen LogP contribution in [0.4, 0.5) is 10.1 Å². The molecule has 160 valence electrons. The number of nitrogens with one attached hydrogen (secondary N) is 1. The topological polar surface area (TPSA) is 81.7 Å². The molecule has 8 heteroatoms. The fraction of sp³-hybridized carbons (Fsp3) is 0.0870. The molecule has 0 heterocycles. The lowest BCUT2D eigenvalue weighted by molar-refractivity contribution is -0.111. The van der Waals surface area contributed by atoms with Gasteiger partial charge in [-0.15, -0.1) is 0 Å². The smallest absolute Gasteiger partial charge is 0.339 e. The van der Waals surface area contributed by atoms with Crippen LogP contribution in [0.1, 0.15) is 11.1 Å². The summed E-state index contributed by atoms with van der Waals surface area (Å²) in [5.74, 6) is -0.878. The minimum absolute atomic E-state index is 0.0102. The Labute approximate surface area is 180 Å². The first-order chi connectivity index (χ1) is 14.8. The van der Waals surface area contributed by atoms with Crippen LogP contribution in [0.2, 0.25) is 0 Å². The van der Waals surface area contributed by atoms with Crippen molar-refractivity contribution in [1.82, 2.24) is 0 Å². The number of ether oxygens (including phenoxy) is 1. The van der Waals surface area contributed by atoms with E-state index in [4.69, 9.17) is 8.92 Å². The van der Waals surface area contributed by atoms with E-state index < -0.39 is 21.8 Å². The zero-order chi connectivity index (χ0) is 22.4. The van der Waals surface area contributed by atoms with Gasteiger partial charge >= 0.3 is 10.1 Å². The third-order valence-corrected chi connectivity index (χ3v) is 5.50. The summed E-state index contributed by atoms with van der Waals surface area (Å²) in [4.78, 5) is 12.1. The van der Waals surface area contributed by atoms with Gasteiger partial charge in [-0.3, -0.25) is 4.79 Å². The zero-order valence-corrected chi connectivity index (χ0v) is 17.6. The fourth-order valence-electron chi connectivity index (χ4n) is 2.64. The van der Waals surface area contributed by atoms with Gasteiger partial charge in [-0.2, -0.15) is 8.42 Å². The van der Waals surface area contributed by atoms with E-state index in [2.05, 4.69) is 5.32 Å². The number of benzene rings is 3. The predicted octanol–water partition coefficient (Wildman–Crippen LogP) is 4.56. The van der Waals surface area contributed by atoms with Crippen molar-refractivity contribution in [1.29, 1.82) is 0 Å². The van der Waals surface area contributed by atoms with Gasteiger partial charge in [0.25, 0.3) is 0 Å². The molecule has 1 N–H and O–H groups in total. The molecular weight excluding hydrogens is 421 g/mol. The highest BCUT2D eigenvalue weighted by Gasteiger charge is 2.19. The summed E-state index contributed by atoms with van der Waals surface area (Å²) >= 11 is 0. The Hall–Kier alpha value is -3.65. The SMILES string of the molecule is COc1cc(/C=C/C(=O)Nc2ccccc2F)ccc1OS(=O)(=O)c1ccc(C)cc1. The van der Waals surface area contributed by atoms with Crippen LogP contribution in [0.15, 0.2) is 77.7 Å². The highest BCUT2D eigenvalue weighted by molar-refractivity contribution is 7.87. The van der Waals surface area contributed by atoms with Gasteiger partial charge in [0.1, 0.15) is 10.7 Å². The second-order valence-corrected chi connectivity index (χ2v) is 8.11. The number of para-hydroxylation sites is 1. The van der Waals surface area contributed by atoms with E-state index >= 15 is 0 Å². The van der Waals surface area contributed by atoms with Crippen LogP contribution in [0.3, 0.4) is 0 Å². The Morgan fingerprint density at radius 1 is 1.00 bits per heavy atom. The van der Waals surface area contributed by atoms with Gasteiger partial charge in [-0.1, -0.05) is 35.9 Å². The Bertz CT molecular complexity index is 1220. The van der Waals surface area contributed by atoms with Crippen molar-refractivity contribution in [3.05, 3.63) is 89.8 Å². The Morgan fingerprint density at radius 3 is 2.39 bits per heavy atom. The number of amides is 1. The lowest BCUT2D eigenvalue weighted by Crippen LogP contribution is -2.10. The van der Waals surface area contributed by atoms with Crippen molar-refractivity contribution in [2.75, 3.05) is 12.4 Å². The van der Waals surface area contributed by atoms with E-state index in [1.165, 1.54) is 61.7 Å². The molecule has 0 radical (unpaired) electrons. The first-order valence-electron chi connectivity index (χ1n) is 9.21. The largest absolute Gasteiger partial charge is 0.493 e. The first-order valence-corrected chi connectivity index (χ1v) is 10.6. The van der Waals surface area contributed by atoms with E-state index in [9.17, 15) is 17.6 Å². The van der Waals surface area contributed by atoms with Crippen molar-refractivity contribution >= 4 is 27.8 Å². The molecule has 0 bridgehead atoms. The lowest BCUT2D eigenvalue weighted by atomic mass is 10.2. The molecule has 3 rings (SSSR count). The summed E-state index contributed by atoms with van der Waals surface area (Å²) in [6, 6.07) is 16.6. The Balaban J connectivity index is 1.75. The van der Waals surface area contributed by atoms with Gasteiger partial charge in [-0.25, -0.2) is 4.39 Å².